The maximum atomic E-state index is 9.54. The summed E-state index contributed by atoms with van der Waals surface area (Å²) >= 11 is 0. The van der Waals surface area contributed by atoms with E-state index in [9.17, 15) is 5.48 Å². The molecule has 0 aliphatic carbocycles. The SMILES string of the molecule is [2H]c1nc(-n2c3[c-]c(Oc4[c-]c(N5[CH-]N(c6c(-c7cc(C(C)(C)C)cc(C(C)(C)C)c7)cc(C(C)(C)C)cc6-c6c([2H])c([2H])c([2H])c([2H])c6[2H])c6ccccc65)ccc4)ccc3c3ccccc32)c([2H])c(C([2H])([2H])[2H])c1-c1c([2H])c([2H])c([2H])c([2H])c1[2H].[Pt]. The van der Waals surface area contributed by atoms with Gasteiger partial charge in [-0.3, -0.25) is 0 Å². The fourth-order valence-electron chi connectivity index (χ4n) is 9.19. The summed E-state index contributed by atoms with van der Waals surface area (Å²) in [4.78, 5) is 8.45. The Morgan fingerprint density at radius 1 is 0.562 bits per heavy atom. The molecule has 0 saturated heterocycles. The Bertz CT molecular complexity index is 4430. The van der Waals surface area contributed by atoms with Crippen LogP contribution >= 0.6 is 0 Å². The summed E-state index contributed by atoms with van der Waals surface area (Å²) in [6, 6.07) is 35.0. The Kier molecular flexibility index (Phi) is 8.92. The van der Waals surface area contributed by atoms with E-state index in [-0.39, 0.29) is 66.9 Å². The molecule has 2 aromatic heterocycles. The second kappa shape index (κ2) is 19.0. The van der Waals surface area contributed by atoms with Crippen molar-refractivity contribution in [1.82, 2.24) is 9.55 Å². The van der Waals surface area contributed by atoms with Crippen molar-refractivity contribution in [3.8, 4) is 50.7 Å². The molecule has 368 valence electrons. The summed E-state index contributed by atoms with van der Waals surface area (Å²) in [5.74, 6) is 0.181. The van der Waals surface area contributed by atoms with Crippen LogP contribution in [0.15, 0.2) is 182 Å². The number of pyridine rings is 1. The maximum absolute atomic E-state index is 9.54. The minimum atomic E-state index is -3.12. The van der Waals surface area contributed by atoms with Crippen molar-refractivity contribution in [3.05, 3.63) is 223 Å². The average molecular weight is 1150 g/mol. The van der Waals surface area contributed by atoms with Crippen molar-refractivity contribution >= 4 is 44.6 Å². The van der Waals surface area contributed by atoms with Crippen LogP contribution in [0.1, 0.15) is 105 Å². The molecule has 1 aliphatic rings. The first-order chi connectivity index (χ1) is 40.7. The van der Waals surface area contributed by atoms with Gasteiger partial charge in [-0.15, -0.1) is 48.1 Å². The molecule has 0 bridgehead atoms. The molecule has 11 rings (SSSR count). The fraction of sp³-hybridized carbons (Fsp3) is 0.194. The smallest absolute Gasteiger partial charge is 0.135 e. The molecule has 6 heteroatoms. The molecule has 0 radical (unpaired) electrons. The summed E-state index contributed by atoms with van der Waals surface area (Å²) in [5, 5.41) is 1.30. The number of rotatable bonds is 8. The van der Waals surface area contributed by atoms with Crippen LogP contribution in [0.25, 0.3) is 61.0 Å². The van der Waals surface area contributed by atoms with Crippen molar-refractivity contribution in [2.45, 2.75) is 85.4 Å². The van der Waals surface area contributed by atoms with Gasteiger partial charge in [0.15, 0.2) is 0 Å². The first-order valence-corrected chi connectivity index (χ1v) is 23.9. The second-order valence-electron chi connectivity index (χ2n) is 21.2. The summed E-state index contributed by atoms with van der Waals surface area (Å²) in [7, 11) is 0. The molecule has 0 amide bonds. The van der Waals surface area contributed by atoms with E-state index in [1.54, 1.807) is 30.3 Å². The van der Waals surface area contributed by atoms with Gasteiger partial charge in [0.25, 0.3) is 0 Å². The van der Waals surface area contributed by atoms with E-state index in [0.717, 1.165) is 39.2 Å². The molecular weight excluding hydrogens is 1070 g/mol. The van der Waals surface area contributed by atoms with Crippen molar-refractivity contribution in [3.63, 3.8) is 0 Å². The molecule has 1 aliphatic heterocycles. The number of fused-ring (bicyclic) bond motifs is 4. The van der Waals surface area contributed by atoms with Crippen LogP contribution < -0.4 is 14.5 Å². The number of hydrogen-bond acceptors (Lipinski definition) is 4. The molecule has 3 heterocycles. The van der Waals surface area contributed by atoms with Gasteiger partial charge in [0.05, 0.1) is 16.4 Å². The van der Waals surface area contributed by atoms with Gasteiger partial charge in [0, 0.05) is 82.1 Å². The van der Waals surface area contributed by atoms with Crippen LogP contribution in [0.4, 0.5) is 22.7 Å². The molecule has 8 aromatic carbocycles. The Balaban J connectivity index is 0.00000855. The molecule has 5 nitrogen and oxygen atoms in total. The second-order valence-corrected chi connectivity index (χ2v) is 21.2. The zero-order valence-electron chi connectivity index (χ0n) is 57.0. The van der Waals surface area contributed by atoms with Crippen molar-refractivity contribution < 1.29 is 46.4 Å². The first kappa shape index (κ1) is 34.3. The largest absolute Gasteiger partial charge is 0.509 e. The Hall–Kier alpha value is -7.20. The van der Waals surface area contributed by atoms with Gasteiger partial charge in [0.2, 0.25) is 0 Å². The molecule has 0 saturated carbocycles. The van der Waals surface area contributed by atoms with Gasteiger partial charge in [-0.2, -0.15) is 12.1 Å². The summed E-state index contributed by atoms with van der Waals surface area (Å²) in [6.07, 6.45) is -0.720. The summed E-state index contributed by atoms with van der Waals surface area (Å²) in [5.41, 5.74) is 5.82. The van der Waals surface area contributed by atoms with E-state index in [1.165, 1.54) is 4.57 Å². The third-order valence-corrected chi connectivity index (χ3v) is 13.1. The third-order valence-electron chi connectivity index (χ3n) is 13.1. The van der Waals surface area contributed by atoms with Gasteiger partial charge in [-0.05, 0) is 104 Å². The van der Waals surface area contributed by atoms with Gasteiger partial charge >= 0.3 is 0 Å². The summed E-state index contributed by atoms with van der Waals surface area (Å²) in [6.45, 7) is 18.1. The van der Waals surface area contributed by atoms with Crippen LogP contribution in [0.5, 0.6) is 11.5 Å². The van der Waals surface area contributed by atoms with Crippen LogP contribution in [0.2, 0.25) is 0 Å². The van der Waals surface area contributed by atoms with Crippen LogP contribution in [-0.2, 0) is 37.3 Å². The summed E-state index contributed by atoms with van der Waals surface area (Å²) < 4.78 is 140. The van der Waals surface area contributed by atoms with Crippen LogP contribution in [0, 0.1) is 25.7 Å². The Labute approximate surface area is 467 Å². The number of para-hydroxylation sites is 3. The third kappa shape index (κ3) is 9.41. The number of benzene rings is 8. The number of ether oxygens (including phenoxy) is 1. The molecule has 0 fully saturated rings. The van der Waals surface area contributed by atoms with Gasteiger partial charge in [0.1, 0.15) is 5.82 Å². The standard InChI is InChI=1S/C67H61N4O.Pt/c1-44-34-63(68-42-58(44)46-24-15-12-16-25-46)71-59-29-18-17-28-54(59)55-33-32-53(41-62(55)71)72-52-27-21-26-51(40-52)69-43-70(61-31-20-19-30-60(61)69)64-56(45-22-13-11-14-23-45)38-50(67(8,9)10)39-57(64)47-35-48(65(2,3)4)37-49(36-47)66(5,6)7;/h11-39,42-43H,1-10H3;/q-3;/i1D3,11D,12D,13D,14D,15D,16D,22D,23D,24D,25D,34D,42D;. The van der Waals surface area contributed by atoms with Gasteiger partial charge in [-0.25, -0.2) is 4.98 Å². The van der Waals surface area contributed by atoms with E-state index < -0.39 is 89.5 Å². The van der Waals surface area contributed by atoms with E-state index in [0.29, 0.717) is 38.7 Å². The molecule has 0 unspecified atom stereocenters. The molecule has 73 heavy (non-hydrogen) atoms. The van der Waals surface area contributed by atoms with Crippen molar-refractivity contribution in [2.24, 2.45) is 0 Å². The number of anilines is 4. The predicted molar refractivity (Wildman–Crippen MR) is 301 cm³/mol. The zero-order chi connectivity index (χ0) is 63.0. The van der Waals surface area contributed by atoms with Gasteiger partial charge in [-0.1, -0.05) is 177 Å². The molecule has 0 N–H and O–H groups in total. The number of hydrogen-bond donors (Lipinski definition) is 0. The van der Waals surface area contributed by atoms with E-state index in [1.807, 2.05) is 71.1 Å². The molecule has 0 spiro atoms. The fourth-order valence-corrected chi connectivity index (χ4v) is 9.19. The van der Waals surface area contributed by atoms with E-state index in [2.05, 4.69) is 104 Å². The monoisotopic (exact) mass is 1150 g/mol. The first-order valence-electron chi connectivity index (χ1n) is 31.4. The van der Waals surface area contributed by atoms with E-state index in [4.69, 9.17) is 19.8 Å². The quantitative estimate of drug-likeness (QED) is 0.142. The van der Waals surface area contributed by atoms with E-state index >= 15 is 0 Å². The molecule has 0 atom stereocenters. The number of nitrogens with zero attached hydrogens (tertiary/aromatic N) is 4. The normalized spacial score (nSPS) is 15.9. The van der Waals surface area contributed by atoms with Crippen molar-refractivity contribution in [1.29, 1.82) is 0 Å². The Morgan fingerprint density at radius 3 is 1.78 bits per heavy atom. The molecule has 10 aromatic rings. The maximum Gasteiger partial charge on any atom is 0.135 e. The van der Waals surface area contributed by atoms with Crippen molar-refractivity contribution in [2.75, 3.05) is 9.80 Å². The predicted octanol–water partition coefficient (Wildman–Crippen LogP) is 18.2. The minimum Gasteiger partial charge on any atom is -0.509 e. The topological polar surface area (TPSA) is 33.5 Å². The van der Waals surface area contributed by atoms with Crippen LogP contribution in [0.3, 0.4) is 0 Å². The Morgan fingerprint density at radius 2 is 1.14 bits per heavy atom. The number of aromatic nitrogens is 2. The van der Waals surface area contributed by atoms with Crippen LogP contribution in [-0.4, -0.2) is 9.55 Å². The zero-order valence-corrected chi connectivity index (χ0v) is 44.3. The minimum absolute atomic E-state index is 0. The molecular formula is C67H61N4OPt-3. The van der Waals surface area contributed by atoms with Gasteiger partial charge < -0.3 is 19.1 Å². The average Bonchev–Trinajstić information content (AvgIpc) is 1.71.